The summed E-state index contributed by atoms with van der Waals surface area (Å²) in [5.41, 5.74) is 2.70. The Balaban J connectivity index is 2.80. The van der Waals surface area contributed by atoms with E-state index in [0.717, 1.165) is 6.42 Å². The van der Waals surface area contributed by atoms with Crippen molar-refractivity contribution < 1.29 is 0 Å². The van der Waals surface area contributed by atoms with Crippen LogP contribution in [0.4, 0.5) is 0 Å². The summed E-state index contributed by atoms with van der Waals surface area (Å²) < 4.78 is 1.21. The Bertz CT molecular complexity index is 326. The molecule has 1 aromatic rings. The van der Waals surface area contributed by atoms with Gasteiger partial charge < -0.3 is 0 Å². The Morgan fingerprint density at radius 1 is 1.43 bits per heavy atom. The lowest BCUT2D eigenvalue weighted by atomic mass is 9.97. The number of halogens is 1. The first-order valence-electron chi connectivity index (χ1n) is 5.02. The lowest BCUT2D eigenvalue weighted by Gasteiger charge is -2.10. The first kappa shape index (κ1) is 11.5. The fourth-order valence-electron chi connectivity index (χ4n) is 1.39. The molecule has 0 saturated heterocycles. The van der Waals surface area contributed by atoms with Crippen molar-refractivity contribution in [2.24, 2.45) is 0 Å². The van der Waals surface area contributed by atoms with Gasteiger partial charge in [-0.15, -0.1) is 0 Å². The van der Waals surface area contributed by atoms with Crippen molar-refractivity contribution in [3.8, 4) is 0 Å². The Labute approximate surface area is 95.2 Å². The van der Waals surface area contributed by atoms with Crippen LogP contribution >= 0.6 is 15.9 Å². The molecule has 1 heteroatoms. The summed E-state index contributed by atoms with van der Waals surface area (Å²) in [6.07, 6.45) is 5.45. The van der Waals surface area contributed by atoms with Gasteiger partial charge >= 0.3 is 0 Å². The number of allylic oxidation sites excluding steroid dienone is 2. The zero-order valence-corrected chi connectivity index (χ0v) is 10.6. The van der Waals surface area contributed by atoms with Crippen LogP contribution < -0.4 is 0 Å². The molecule has 0 saturated carbocycles. The average molecular weight is 253 g/mol. The number of aryl methyl sites for hydroxylation is 1. The number of hydrogen-bond donors (Lipinski definition) is 0. The van der Waals surface area contributed by atoms with E-state index in [0.29, 0.717) is 5.92 Å². The number of hydrogen-bond acceptors (Lipinski definition) is 0. The molecule has 1 atom stereocenters. The molecule has 1 aromatic carbocycles. The van der Waals surface area contributed by atoms with Gasteiger partial charge in [0.1, 0.15) is 0 Å². The van der Waals surface area contributed by atoms with Gasteiger partial charge in [-0.2, -0.15) is 0 Å². The second-order valence-electron chi connectivity index (χ2n) is 3.71. The zero-order valence-electron chi connectivity index (χ0n) is 9.05. The molecule has 0 aliphatic carbocycles. The van der Waals surface area contributed by atoms with E-state index in [9.17, 15) is 0 Å². The Kier molecular flexibility index (Phi) is 4.40. The summed E-state index contributed by atoms with van der Waals surface area (Å²) >= 11 is 3.56. The molecular weight excluding hydrogens is 236 g/mol. The molecule has 1 unspecified atom stereocenters. The molecule has 0 spiro atoms. The van der Waals surface area contributed by atoms with Crippen molar-refractivity contribution in [3.05, 3.63) is 46.0 Å². The van der Waals surface area contributed by atoms with Crippen LogP contribution in [-0.4, -0.2) is 0 Å². The van der Waals surface area contributed by atoms with Gasteiger partial charge in [0.15, 0.2) is 0 Å². The maximum atomic E-state index is 3.56. The summed E-state index contributed by atoms with van der Waals surface area (Å²) in [5.74, 6) is 0.600. The van der Waals surface area contributed by atoms with Crippen LogP contribution in [0.15, 0.2) is 34.8 Å². The van der Waals surface area contributed by atoms with Gasteiger partial charge in [-0.25, -0.2) is 0 Å². The Hall–Kier alpha value is -0.560. The normalized spacial score (nSPS) is 13.4. The molecule has 0 aliphatic heterocycles. The van der Waals surface area contributed by atoms with Crippen LogP contribution in [0, 0.1) is 6.92 Å². The molecule has 14 heavy (non-hydrogen) atoms. The van der Waals surface area contributed by atoms with Gasteiger partial charge in [0, 0.05) is 4.47 Å². The molecule has 0 radical (unpaired) electrons. The lowest BCUT2D eigenvalue weighted by molar-refractivity contribution is 0.779. The summed E-state index contributed by atoms with van der Waals surface area (Å²) in [6, 6.07) is 6.61. The topological polar surface area (TPSA) is 0 Å². The molecule has 0 heterocycles. The van der Waals surface area contributed by atoms with Crippen LogP contribution in [0.5, 0.6) is 0 Å². The van der Waals surface area contributed by atoms with Crippen molar-refractivity contribution >= 4 is 15.9 Å². The molecule has 0 N–H and O–H groups in total. The first-order valence-corrected chi connectivity index (χ1v) is 5.81. The smallest absolute Gasteiger partial charge is 0.0207 e. The maximum Gasteiger partial charge on any atom is 0.0207 e. The van der Waals surface area contributed by atoms with Gasteiger partial charge in [-0.05, 0) is 43.4 Å². The summed E-state index contributed by atoms with van der Waals surface area (Å²) in [6.45, 7) is 6.44. The quantitative estimate of drug-likeness (QED) is 0.677. The predicted octanol–water partition coefficient (Wildman–Crippen LogP) is 4.83. The second-order valence-corrected chi connectivity index (χ2v) is 4.57. The highest BCUT2D eigenvalue weighted by Gasteiger charge is 2.04. The van der Waals surface area contributed by atoms with E-state index in [4.69, 9.17) is 0 Å². The van der Waals surface area contributed by atoms with Crippen molar-refractivity contribution in [1.29, 1.82) is 0 Å². The molecule has 0 fully saturated rings. The second kappa shape index (κ2) is 5.35. The highest BCUT2D eigenvalue weighted by Crippen LogP contribution is 2.25. The van der Waals surface area contributed by atoms with Crippen LogP contribution in [0.3, 0.4) is 0 Å². The van der Waals surface area contributed by atoms with Crippen molar-refractivity contribution in [3.63, 3.8) is 0 Å². The molecule has 0 aromatic heterocycles. The van der Waals surface area contributed by atoms with Gasteiger partial charge in [-0.1, -0.05) is 47.1 Å². The van der Waals surface area contributed by atoms with Gasteiger partial charge in [0.25, 0.3) is 0 Å². The van der Waals surface area contributed by atoms with Crippen LogP contribution in [0.25, 0.3) is 0 Å². The largest absolute Gasteiger partial charge is 0.0916 e. The van der Waals surface area contributed by atoms with E-state index in [-0.39, 0.29) is 0 Å². The van der Waals surface area contributed by atoms with E-state index in [2.05, 4.69) is 67.1 Å². The van der Waals surface area contributed by atoms with Crippen LogP contribution in [0.1, 0.15) is 37.3 Å². The minimum Gasteiger partial charge on any atom is -0.0916 e. The van der Waals surface area contributed by atoms with Crippen molar-refractivity contribution in [1.82, 2.24) is 0 Å². The maximum absolute atomic E-state index is 3.56. The Morgan fingerprint density at radius 2 is 2.14 bits per heavy atom. The molecule has 0 nitrogen and oxygen atoms in total. The fraction of sp³-hybridized carbons (Fsp3) is 0.385. The van der Waals surface area contributed by atoms with Crippen LogP contribution in [0.2, 0.25) is 0 Å². The summed E-state index contributed by atoms with van der Waals surface area (Å²) in [4.78, 5) is 0. The average Bonchev–Trinajstić information content (AvgIpc) is 2.18. The van der Waals surface area contributed by atoms with E-state index < -0.39 is 0 Å². The minimum atomic E-state index is 0.600. The van der Waals surface area contributed by atoms with E-state index in [1.807, 2.05) is 0 Å². The number of benzene rings is 1. The third-order valence-corrected chi connectivity index (χ3v) is 3.34. The molecule has 0 aliphatic rings. The Morgan fingerprint density at radius 3 is 2.71 bits per heavy atom. The summed E-state index contributed by atoms with van der Waals surface area (Å²) in [5, 5.41) is 0. The lowest BCUT2D eigenvalue weighted by Crippen LogP contribution is -1.92. The van der Waals surface area contributed by atoms with Gasteiger partial charge in [-0.3, -0.25) is 0 Å². The molecule has 0 bridgehead atoms. The zero-order chi connectivity index (χ0) is 10.6. The van der Waals surface area contributed by atoms with E-state index in [1.165, 1.54) is 15.6 Å². The first-order chi connectivity index (χ1) is 6.65. The predicted molar refractivity (Wildman–Crippen MR) is 66.7 cm³/mol. The van der Waals surface area contributed by atoms with Crippen LogP contribution in [-0.2, 0) is 0 Å². The molecule has 1 rings (SSSR count). The summed E-state index contributed by atoms with van der Waals surface area (Å²) in [7, 11) is 0. The SMILES string of the molecule is C/C=C\CC(C)c1ccc(C)c(Br)c1. The molecule has 76 valence electrons. The third kappa shape index (κ3) is 2.98. The van der Waals surface area contributed by atoms with Gasteiger partial charge in [0.2, 0.25) is 0 Å². The fourth-order valence-corrected chi connectivity index (χ4v) is 1.79. The van der Waals surface area contributed by atoms with Crippen molar-refractivity contribution in [2.45, 2.75) is 33.1 Å². The molecular formula is C13H17Br. The van der Waals surface area contributed by atoms with Gasteiger partial charge in [0.05, 0.1) is 0 Å². The highest BCUT2D eigenvalue weighted by molar-refractivity contribution is 9.10. The van der Waals surface area contributed by atoms with E-state index in [1.54, 1.807) is 0 Å². The monoisotopic (exact) mass is 252 g/mol. The van der Waals surface area contributed by atoms with Crippen molar-refractivity contribution in [2.75, 3.05) is 0 Å². The standard InChI is InChI=1S/C13H17Br/c1-4-5-6-10(2)12-8-7-11(3)13(14)9-12/h4-5,7-10H,6H2,1-3H3/b5-4-. The third-order valence-electron chi connectivity index (χ3n) is 2.49. The van der Waals surface area contributed by atoms with E-state index >= 15 is 0 Å². The minimum absolute atomic E-state index is 0.600. The molecule has 0 amide bonds. The highest BCUT2D eigenvalue weighted by atomic mass is 79.9. The number of rotatable bonds is 3.